The summed E-state index contributed by atoms with van der Waals surface area (Å²) in [6.45, 7) is 6.20. The molecular formula is C24H27N3O2S. The highest BCUT2D eigenvalue weighted by Crippen LogP contribution is 2.20. The van der Waals surface area contributed by atoms with Crippen molar-refractivity contribution in [3.63, 3.8) is 0 Å². The fraction of sp³-hybridized carbons (Fsp3) is 0.250. The van der Waals surface area contributed by atoms with Crippen LogP contribution in [0.4, 0.5) is 0 Å². The lowest BCUT2D eigenvalue weighted by Crippen LogP contribution is -2.19. The van der Waals surface area contributed by atoms with Crippen molar-refractivity contribution < 1.29 is 9.53 Å². The standard InChI is InChI=1S/C24H27N3O2S/c1-17-5-9-22(10-6-17)27-18(2)13-21(19(27)3)14-25-26-24(28)16-30-15-20-7-11-23(29-4)12-8-20/h5-14H,15-16H2,1-4H3,(H,26,28)/b25-14+. The van der Waals surface area contributed by atoms with E-state index in [1.807, 2.05) is 24.3 Å². The van der Waals surface area contributed by atoms with Crippen LogP contribution in [0.5, 0.6) is 5.75 Å². The average molecular weight is 422 g/mol. The van der Waals surface area contributed by atoms with Gasteiger partial charge >= 0.3 is 0 Å². The van der Waals surface area contributed by atoms with Gasteiger partial charge in [0.25, 0.3) is 0 Å². The Bertz CT molecular complexity index is 1020. The summed E-state index contributed by atoms with van der Waals surface area (Å²) in [5, 5.41) is 4.15. The maximum atomic E-state index is 12.1. The van der Waals surface area contributed by atoms with Gasteiger partial charge in [-0.1, -0.05) is 29.8 Å². The number of hydrazone groups is 1. The van der Waals surface area contributed by atoms with Gasteiger partial charge in [0, 0.05) is 28.4 Å². The van der Waals surface area contributed by atoms with E-state index in [0.29, 0.717) is 5.75 Å². The maximum absolute atomic E-state index is 12.1. The fourth-order valence-electron chi connectivity index (χ4n) is 3.20. The number of nitrogens with zero attached hydrogens (tertiary/aromatic N) is 2. The lowest BCUT2D eigenvalue weighted by atomic mass is 10.2. The van der Waals surface area contributed by atoms with Gasteiger partial charge in [-0.05, 0) is 56.7 Å². The summed E-state index contributed by atoms with van der Waals surface area (Å²) < 4.78 is 7.34. The fourth-order valence-corrected chi connectivity index (χ4v) is 3.98. The van der Waals surface area contributed by atoms with Crippen molar-refractivity contribution in [2.75, 3.05) is 12.9 Å². The molecule has 0 bridgehead atoms. The predicted molar refractivity (Wildman–Crippen MR) is 125 cm³/mol. The van der Waals surface area contributed by atoms with E-state index < -0.39 is 0 Å². The molecule has 2 aromatic carbocycles. The quantitative estimate of drug-likeness (QED) is 0.420. The topological polar surface area (TPSA) is 55.6 Å². The summed E-state index contributed by atoms with van der Waals surface area (Å²) in [5.74, 6) is 1.83. The number of hydrogen-bond acceptors (Lipinski definition) is 4. The van der Waals surface area contributed by atoms with Crippen LogP contribution in [0.25, 0.3) is 5.69 Å². The number of hydrogen-bond donors (Lipinski definition) is 1. The number of aromatic nitrogens is 1. The molecule has 5 nitrogen and oxygen atoms in total. The van der Waals surface area contributed by atoms with Gasteiger partial charge in [0.15, 0.2) is 0 Å². The monoisotopic (exact) mass is 421 g/mol. The number of methoxy groups -OCH3 is 1. The molecule has 156 valence electrons. The molecule has 0 saturated carbocycles. The summed E-state index contributed by atoms with van der Waals surface area (Å²) >= 11 is 1.55. The van der Waals surface area contributed by atoms with Gasteiger partial charge in [-0.3, -0.25) is 4.79 Å². The summed E-state index contributed by atoms with van der Waals surface area (Å²) in [6, 6.07) is 18.4. The molecule has 1 amide bonds. The Morgan fingerprint density at radius 1 is 1.10 bits per heavy atom. The summed E-state index contributed by atoms with van der Waals surface area (Å²) in [4.78, 5) is 12.1. The minimum Gasteiger partial charge on any atom is -0.497 e. The van der Waals surface area contributed by atoms with Crippen LogP contribution in [0, 0.1) is 20.8 Å². The highest BCUT2D eigenvalue weighted by molar-refractivity contribution is 7.99. The van der Waals surface area contributed by atoms with Crippen LogP contribution in [-0.4, -0.2) is 29.6 Å². The van der Waals surface area contributed by atoms with Crippen molar-refractivity contribution in [2.24, 2.45) is 5.10 Å². The molecule has 0 aliphatic heterocycles. The minimum atomic E-state index is -0.114. The number of carbonyl (C=O) groups excluding carboxylic acids is 1. The summed E-state index contributed by atoms with van der Waals surface area (Å²) in [5.41, 5.74) is 9.32. The predicted octanol–water partition coefficient (Wildman–Crippen LogP) is 4.79. The first kappa shape index (κ1) is 21.7. The van der Waals surface area contributed by atoms with E-state index >= 15 is 0 Å². The van der Waals surface area contributed by atoms with Crippen molar-refractivity contribution in [1.82, 2.24) is 9.99 Å². The summed E-state index contributed by atoms with van der Waals surface area (Å²) in [6.07, 6.45) is 1.71. The van der Waals surface area contributed by atoms with Crippen molar-refractivity contribution in [2.45, 2.75) is 26.5 Å². The molecule has 0 unspecified atom stereocenters. The minimum absolute atomic E-state index is 0.114. The Kier molecular flexibility index (Phi) is 7.36. The third-order valence-corrected chi connectivity index (χ3v) is 5.82. The first-order chi connectivity index (χ1) is 14.5. The Morgan fingerprint density at radius 2 is 1.80 bits per heavy atom. The lowest BCUT2D eigenvalue weighted by Gasteiger charge is -2.09. The zero-order valence-corrected chi connectivity index (χ0v) is 18.6. The van der Waals surface area contributed by atoms with Crippen LogP contribution < -0.4 is 10.2 Å². The van der Waals surface area contributed by atoms with E-state index in [4.69, 9.17) is 4.74 Å². The molecule has 3 aromatic rings. The van der Waals surface area contributed by atoms with Crippen molar-refractivity contribution in [3.05, 3.63) is 82.7 Å². The van der Waals surface area contributed by atoms with Crippen LogP contribution in [0.1, 0.15) is 28.1 Å². The number of rotatable bonds is 8. The molecule has 0 atom stereocenters. The second-order valence-corrected chi connectivity index (χ2v) is 8.12. The highest BCUT2D eigenvalue weighted by atomic mass is 32.2. The van der Waals surface area contributed by atoms with Gasteiger partial charge in [-0.2, -0.15) is 5.10 Å². The van der Waals surface area contributed by atoms with Gasteiger partial charge in [0.2, 0.25) is 5.91 Å². The second-order valence-electron chi connectivity index (χ2n) is 7.13. The van der Waals surface area contributed by atoms with Crippen molar-refractivity contribution in [1.29, 1.82) is 0 Å². The van der Waals surface area contributed by atoms with E-state index in [2.05, 4.69) is 66.2 Å². The molecule has 0 aliphatic carbocycles. The second kappa shape index (κ2) is 10.2. The molecule has 1 N–H and O–H groups in total. The maximum Gasteiger partial charge on any atom is 0.250 e. The first-order valence-electron chi connectivity index (χ1n) is 9.76. The number of nitrogens with one attached hydrogen (secondary N) is 1. The average Bonchev–Trinajstić information content (AvgIpc) is 3.02. The normalized spacial score (nSPS) is 11.1. The van der Waals surface area contributed by atoms with Gasteiger partial charge in [-0.15, -0.1) is 11.8 Å². The molecule has 3 rings (SSSR count). The smallest absolute Gasteiger partial charge is 0.250 e. The Morgan fingerprint density at radius 3 is 2.47 bits per heavy atom. The number of amides is 1. The third kappa shape index (κ3) is 5.54. The first-order valence-corrected chi connectivity index (χ1v) is 10.9. The zero-order valence-electron chi connectivity index (χ0n) is 17.8. The molecule has 0 radical (unpaired) electrons. The molecule has 0 saturated heterocycles. The van der Waals surface area contributed by atoms with Crippen LogP contribution in [0.15, 0.2) is 59.7 Å². The zero-order chi connectivity index (χ0) is 21.5. The van der Waals surface area contributed by atoms with Crippen LogP contribution in [-0.2, 0) is 10.5 Å². The molecule has 0 aliphatic rings. The van der Waals surface area contributed by atoms with Crippen LogP contribution >= 0.6 is 11.8 Å². The SMILES string of the molecule is COc1ccc(CSCC(=O)N/N=C/c2cc(C)n(-c3ccc(C)cc3)c2C)cc1. The Labute approximate surface area is 182 Å². The van der Waals surface area contributed by atoms with E-state index in [9.17, 15) is 4.79 Å². The molecule has 1 aromatic heterocycles. The van der Waals surface area contributed by atoms with Crippen molar-refractivity contribution in [3.8, 4) is 11.4 Å². The van der Waals surface area contributed by atoms with Gasteiger partial charge in [-0.25, -0.2) is 5.43 Å². The van der Waals surface area contributed by atoms with Crippen LogP contribution in [0.3, 0.4) is 0 Å². The van der Waals surface area contributed by atoms with E-state index in [-0.39, 0.29) is 5.91 Å². The molecular weight excluding hydrogens is 394 g/mol. The van der Waals surface area contributed by atoms with Gasteiger partial charge in [0.1, 0.15) is 5.75 Å². The van der Waals surface area contributed by atoms with Crippen LogP contribution in [0.2, 0.25) is 0 Å². The third-order valence-electron chi connectivity index (χ3n) is 4.82. The number of carbonyl (C=O) groups is 1. The number of ether oxygens (including phenoxy) is 1. The largest absolute Gasteiger partial charge is 0.497 e. The molecule has 0 fully saturated rings. The van der Waals surface area contributed by atoms with Crippen molar-refractivity contribution >= 4 is 23.9 Å². The Balaban J connectivity index is 1.52. The molecule has 1 heterocycles. The van der Waals surface area contributed by atoms with E-state index in [0.717, 1.165) is 39.7 Å². The lowest BCUT2D eigenvalue weighted by molar-refractivity contribution is -0.118. The van der Waals surface area contributed by atoms with E-state index in [1.54, 1.807) is 25.1 Å². The number of benzene rings is 2. The number of thioether (sulfide) groups is 1. The van der Waals surface area contributed by atoms with Gasteiger partial charge < -0.3 is 9.30 Å². The summed E-state index contributed by atoms with van der Waals surface area (Å²) in [7, 11) is 1.65. The Hall–Kier alpha value is -2.99. The number of aryl methyl sites for hydroxylation is 2. The molecule has 30 heavy (non-hydrogen) atoms. The molecule has 6 heteroatoms. The molecule has 0 spiro atoms. The highest BCUT2D eigenvalue weighted by Gasteiger charge is 2.09. The van der Waals surface area contributed by atoms with E-state index in [1.165, 1.54) is 5.56 Å². The van der Waals surface area contributed by atoms with Gasteiger partial charge in [0.05, 0.1) is 19.1 Å².